The Morgan fingerprint density at radius 2 is 1.90 bits per heavy atom. The second-order valence-electron chi connectivity index (χ2n) is 7.63. The lowest BCUT2D eigenvalue weighted by molar-refractivity contribution is -0.117. The standard InChI is InChI=1S/C23H26N6O/c1-17-5-6-18(2)20(12-17)27-23(30)15-28-8-10-29(11-9-28)22-13-21(25-16-26-22)19-4-3-7-24-14-19/h3-7,12-14,16H,8-11,15H2,1-2H3,(H,27,30). The second kappa shape index (κ2) is 9.00. The zero-order chi connectivity index (χ0) is 20.9. The molecule has 30 heavy (non-hydrogen) atoms. The van der Waals surface area contributed by atoms with Gasteiger partial charge in [-0.2, -0.15) is 0 Å². The van der Waals surface area contributed by atoms with Crippen LogP contribution in [0.3, 0.4) is 0 Å². The van der Waals surface area contributed by atoms with E-state index >= 15 is 0 Å². The van der Waals surface area contributed by atoms with Gasteiger partial charge in [0.2, 0.25) is 5.91 Å². The van der Waals surface area contributed by atoms with Gasteiger partial charge in [0.05, 0.1) is 12.2 Å². The molecule has 1 aliphatic rings. The maximum Gasteiger partial charge on any atom is 0.238 e. The second-order valence-corrected chi connectivity index (χ2v) is 7.63. The Morgan fingerprint density at radius 1 is 1.07 bits per heavy atom. The van der Waals surface area contributed by atoms with Crippen LogP contribution in [0.4, 0.5) is 11.5 Å². The van der Waals surface area contributed by atoms with Gasteiger partial charge in [-0.3, -0.25) is 14.7 Å². The van der Waals surface area contributed by atoms with Crippen molar-refractivity contribution in [3.63, 3.8) is 0 Å². The molecule has 1 aliphatic heterocycles. The molecule has 0 atom stereocenters. The largest absolute Gasteiger partial charge is 0.354 e. The van der Waals surface area contributed by atoms with Crippen LogP contribution < -0.4 is 10.2 Å². The van der Waals surface area contributed by atoms with Gasteiger partial charge in [-0.15, -0.1) is 0 Å². The first kappa shape index (κ1) is 20.0. The Bertz CT molecular complexity index is 1020. The molecule has 0 saturated carbocycles. The summed E-state index contributed by atoms with van der Waals surface area (Å²) in [7, 11) is 0. The number of hydrogen-bond acceptors (Lipinski definition) is 6. The number of nitrogens with one attached hydrogen (secondary N) is 1. The minimum absolute atomic E-state index is 0.0260. The maximum absolute atomic E-state index is 12.5. The lowest BCUT2D eigenvalue weighted by atomic mass is 10.1. The molecule has 2 aromatic heterocycles. The predicted octanol–water partition coefficient (Wildman–Crippen LogP) is 2.92. The molecule has 7 nitrogen and oxygen atoms in total. The molecular formula is C23H26N6O. The monoisotopic (exact) mass is 402 g/mol. The van der Waals surface area contributed by atoms with Crippen molar-refractivity contribution in [2.24, 2.45) is 0 Å². The number of nitrogens with zero attached hydrogens (tertiary/aromatic N) is 5. The summed E-state index contributed by atoms with van der Waals surface area (Å²) in [4.78, 5) is 29.9. The van der Waals surface area contributed by atoms with Crippen LogP contribution in [0.15, 0.2) is 55.1 Å². The van der Waals surface area contributed by atoms with E-state index in [4.69, 9.17) is 0 Å². The van der Waals surface area contributed by atoms with Crippen LogP contribution in [-0.2, 0) is 4.79 Å². The van der Waals surface area contributed by atoms with Crippen molar-refractivity contribution in [2.75, 3.05) is 42.9 Å². The van der Waals surface area contributed by atoms with Gasteiger partial charge in [-0.05, 0) is 43.2 Å². The Balaban J connectivity index is 1.33. The molecule has 1 N–H and O–H groups in total. The number of aryl methyl sites for hydroxylation is 2. The average molecular weight is 403 g/mol. The van der Waals surface area contributed by atoms with Gasteiger partial charge in [0.1, 0.15) is 12.1 Å². The van der Waals surface area contributed by atoms with Crippen LogP contribution in [0.25, 0.3) is 11.3 Å². The highest BCUT2D eigenvalue weighted by molar-refractivity contribution is 5.93. The summed E-state index contributed by atoms with van der Waals surface area (Å²) in [6.45, 7) is 7.70. The van der Waals surface area contributed by atoms with E-state index < -0.39 is 0 Å². The van der Waals surface area contributed by atoms with E-state index in [1.165, 1.54) is 0 Å². The summed E-state index contributed by atoms with van der Waals surface area (Å²) in [5.41, 5.74) is 4.95. The Labute approximate surface area is 176 Å². The summed E-state index contributed by atoms with van der Waals surface area (Å²) in [5, 5.41) is 3.05. The van der Waals surface area contributed by atoms with E-state index in [2.05, 4.69) is 36.1 Å². The van der Waals surface area contributed by atoms with Crippen molar-refractivity contribution in [1.29, 1.82) is 0 Å². The molecule has 4 rings (SSSR count). The molecular weight excluding hydrogens is 376 g/mol. The molecule has 7 heteroatoms. The first-order valence-electron chi connectivity index (χ1n) is 10.2. The fourth-order valence-electron chi connectivity index (χ4n) is 3.59. The zero-order valence-corrected chi connectivity index (χ0v) is 17.4. The molecule has 0 spiro atoms. The minimum atomic E-state index is 0.0260. The fourth-order valence-corrected chi connectivity index (χ4v) is 3.59. The average Bonchev–Trinajstić information content (AvgIpc) is 2.77. The molecule has 3 heterocycles. The quantitative estimate of drug-likeness (QED) is 0.707. The number of amides is 1. The van der Waals surface area contributed by atoms with Gasteiger partial charge >= 0.3 is 0 Å². The third kappa shape index (κ3) is 4.80. The number of hydrogen-bond donors (Lipinski definition) is 1. The van der Waals surface area contributed by atoms with Crippen LogP contribution in [-0.4, -0.2) is 58.5 Å². The predicted molar refractivity (Wildman–Crippen MR) is 118 cm³/mol. The smallest absolute Gasteiger partial charge is 0.238 e. The molecule has 0 radical (unpaired) electrons. The Hall–Kier alpha value is -3.32. The zero-order valence-electron chi connectivity index (χ0n) is 17.4. The van der Waals surface area contributed by atoms with E-state index in [0.29, 0.717) is 6.54 Å². The molecule has 0 aliphatic carbocycles. The lowest BCUT2D eigenvalue weighted by Gasteiger charge is -2.35. The van der Waals surface area contributed by atoms with Crippen molar-refractivity contribution in [3.8, 4) is 11.3 Å². The van der Waals surface area contributed by atoms with Gasteiger partial charge in [-0.25, -0.2) is 9.97 Å². The number of benzene rings is 1. The van der Waals surface area contributed by atoms with Gasteiger partial charge < -0.3 is 10.2 Å². The molecule has 1 saturated heterocycles. The molecule has 0 unspecified atom stereocenters. The lowest BCUT2D eigenvalue weighted by Crippen LogP contribution is -2.49. The molecule has 1 amide bonds. The van der Waals surface area contributed by atoms with Crippen LogP contribution in [0.1, 0.15) is 11.1 Å². The summed E-state index contributed by atoms with van der Waals surface area (Å²) in [6, 6.07) is 12.0. The van der Waals surface area contributed by atoms with Crippen LogP contribution in [0.5, 0.6) is 0 Å². The van der Waals surface area contributed by atoms with Crippen molar-refractivity contribution in [1.82, 2.24) is 19.9 Å². The topological polar surface area (TPSA) is 74.2 Å². The molecule has 1 fully saturated rings. The summed E-state index contributed by atoms with van der Waals surface area (Å²) < 4.78 is 0. The van der Waals surface area contributed by atoms with E-state index in [1.807, 2.05) is 44.2 Å². The normalized spacial score (nSPS) is 14.5. The Kier molecular flexibility index (Phi) is 5.99. The van der Waals surface area contributed by atoms with Gasteiger partial charge in [0, 0.05) is 55.9 Å². The van der Waals surface area contributed by atoms with E-state index in [1.54, 1.807) is 18.7 Å². The first-order valence-corrected chi connectivity index (χ1v) is 10.2. The minimum Gasteiger partial charge on any atom is -0.354 e. The van der Waals surface area contributed by atoms with Crippen molar-refractivity contribution < 1.29 is 4.79 Å². The van der Waals surface area contributed by atoms with Crippen LogP contribution in [0.2, 0.25) is 0 Å². The highest BCUT2D eigenvalue weighted by Gasteiger charge is 2.20. The van der Waals surface area contributed by atoms with E-state index in [-0.39, 0.29) is 5.91 Å². The Morgan fingerprint density at radius 3 is 2.67 bits per heavy atom. The van der Waals surface area contributed by atoms with Gasteiger partial charge in [-0.1, -0.05) is 12.1 Å². The maximum atomic E-state index is 12.5. The number of aromatic nitrogens is 3. The third-order valence-corrected chi connectivity index (χ3v) is 5.34. The first-order chi connectivity index (χ1) is 14.6. The van der Waals surface area contributed by atoms with Crippen molar-refractivity contribution >= 4 is 17.4 Å². The number of pyridine rings is 1. The SMILES string of the molecule is Cc1ccc(C)c(NC(=O)CN2CCN(c3cc(-c4cccnc4)ncn3)CC2)c1. The number of piperazine rings is 1. The molecule has 3 aromatic rings. The molecule has 1 aromatic carbocycles. The highest BCUT2D eigenvalue weighted by Crippen LogP contribution is 2.21. The van der Waals surface area contributed by atoms with Gasteiger partial charge in [0.15, 0.2) is 0 Å². The van der Waals surface area contributed by atoms with E-state index in [9.17, 15) is 4.79 Å². The number of carbonyl (C=O) groups is 1. The fraction of sp³-hybridized carbons (Fsp3) is 0.304. The summed E-state index contributed by atoms with van der Waals surface area (Å²) in [5.74, 6) is 0.932. The molecule has 0 bridgehead atoms. The van der Waals surface area contributed by atoms with E-state index in [0.717, 1.165) is 60.1 Å². The van der Waals surface area contributed by atoms with Crippen molar-refractivity contribution in [2.45, 2.75) is 13.8 Å². The van der Waals surface area contributed by atoms with Gasteiger partial charge in [0.25, 0.3) is 0 Å². The van der Waals surface area contributed by atoms with Crippen molar-refractivity contribution in [3.05, 3.63) is 66.2 Å². The number of carbonyl (C=O) groups excluding carboxylic acids is 1. The number of rotatable bonds is 5. The van der Waals surface area contributed by atoms with Crippen LogP contribution >= 0.6 is 0 Å². The number of anilines is 2. The third-order valence-electron chi connectivity index (χ3n) is 5.34. The van der Waals surface area contributed by atoms with Crippen LogP contribution in [0, 0.1) is 13.8 Å². The highest BCUT2D eigenvalue weighted by atomic mass is 16.2. The summed E-state index contributed by atoms with van der Waals surface area (Å²) >= 11 is 0. The summed E-state index contributed by atoms with van der Waals surface area (Å²) in [6.07, 6.45) is 5.15. The molecule has 154 valence electrons.